The summed E-state index contributed by atoms with van der Waals surface area (Å²) in [7, 11) is 0. The van der Waals surface area contributed by atoms with Gasteiger partial charge in [0.1, 0.15) is 0 Å². The Hall–Kier alpha value is -7.56. The van der Waals surface area contributed by atoms with Crippen molar-refractivity contribution in [1.29, 1.82) is 0 Å². The molecule has 0 fully saturated rings. The number of hydrogen-bond donors (Lipinski definition) is 0. The zero-order valence-corrected chi connectivity index (χ0v) is 32.5. The van der Waals surface area contributed by atoms with Gasteiger partial charge < -0.3 is 9.47 Å². The summed E-state index contributed by atoms with van der Waals surface area (Å²) in [4.78, 5) is 10.4. The van der Waals surface area contributed by atoms with Crippen molar-refractivity contribution < 1.29 is 9.47 Å². The molecule has 0 bridgehead atoms. The molecule has 12 rings (SSSR count). The maximum atomic E-state index is 6.81. The first-order chi connectivity index (χ1) is 29.0. The molecule has 59 heavy (non-hydrogen) atoms. The molecule has 0 spiro atoms. The van der Waals surface area contributed by atoms with E-state index in [-0.39, 0.29) is 5.41 Å². The number of hydrogen-bond acceptors (Lipinski definition) is 4. The smallest absolute Gasteiger partial charge is 0.178 e. The van der Waals surface area contributed by atoms with Gasteiger partial charge in [0, 0.05) is 27.7 Å². The van der Waals surface area contributed by atoms with Crippen molar-refractivity contribution in [2.45, 2.75) is 19.3 Å². The summed E-state index contributed by atoms with van der Waals surface area (Å²) in [5.74, 6) is 3.59. The molecule has 0 saturated heterocycles. The number of nitrogens with zero attached hydrogens (tertiary/aromatic N) is 2. The van der Waals surface area contributed by atoms with Crippen molar-refractivity contribution in [3.8, 4) is 79.2 Å². The van der Waals surface area contributed by atoms with Crippen LogP contribution in [0.1, 0.15) is 25.0 Å². The topological polar surface area (TPSA) is 44.2 Å². The summed E-state index contributed by atoms with van der Waals surface area (Å²) in [6.07, 6.45) is 0. The minimum atomic E-state index is -0.133. The van der Waals surface area contributed by atoms with Crippen LogP contribution in [0.3, 0.4) is 0 Å². The van der Waals surface area contributed by atoms with E-state index < -0.39 is 0 Å². The second-order valence-corrected chi connectivity index (χ2v) is 16.1. The molecule has 1 aromatic heterocycles. The fraction of sp³-hybridized carbons (Fsp3) is 0.0545. The summed E-state index contributed by atoms with van der Waals surface area (Å²) in [6, 6.07) is 64.1. The lowest BCUT2D eigenvalue weighted by molar-refractivity contribution is 0.360. The van der Waals surface area contributed by atoms with Crippen molar-refractivity contribution >= 4 is 32.3 Å². The predicted octanol–water partition coefficient (Wildman–Crippen LogP) is 14.8. The van der Waals surface area contributed by atoms with Gasteiger partial charge in [-0.1, -0.05) is 159 Å². The van der Waals surface area contributed by atoms with Crippen LogP contribution in [0.5, 0.6) is 23.0 Å². The predicted molar refractivity (Wildman–Crippen MR) is 240 cm³/mol. The molecule has 4 heteroatoms. The Labute approximate surface area is 342 Å². The fourth-order valence-electron chi connectivity index (χ4n) is 9.39. The van der Waals surface area contributed by atoms with Gasteiger partial charge in [-0.2, -0.15) is 0 Å². The first-order valence-corrected chi connectivity index (χ1v) is 20.1. The third-order valence-electron chi connectivity index (χ3n) is 12.3. The molecule has 0 amide bonds. The maximum Gasteiger partial charge on any atom is 0.178 e. The molecule has 2 heterocycles. The first-order valence-electron chi connectivity index (χ1n) is 20.1. The van der Waals surface area contributed by atoms with E-state index in [0.717, 1.165) is 56.3 Å². The lowest BCUT2D eigenvalue weighted by Crippen LogP contribution is -2.15. The van der Waals surface area contributed by atoms with E-state index in [1.807, 2.05) is 30.3 Å². The Kier molecular flexibility index (Phi) is 7.24. The molecule has 278 valence electrons. The molecule has 0 N–H and O–H groups in total. The molecule has 0 saturated carbocycles. The third kappa shape index (κ3) is 5.23. The summed E-state index contributed by atoms with van der Waals surface area (Å²) in [5, 5.41) is 7.43. The van der Waals surface area contributed by atoms with Crippen LogP contribution in [0.4, 0.5) is 0 Å². The number of fused-ring (bicyclic) bond motifs is 12. The third-order valence-corrected chi connectivity index (χ3v) is 12.3. The van der Waals surface area contributed by atoms with Crippen LogP contribution in [-0.4, -0.2) is 9.97 Å². The van der Waals surface area contributed by atoms with Crippen LogP contribution in [0.2, 0.25) is 0 Å². The Bertz CT molecular complexity index is 3330. The van der Waals surface area contributed by atoms with Crippen LogP contribution in [-0.2, 0) is 5.41 Å². The number of ether oxygens (including phenoxy) is 2. The average Bonchev–Trinajstić information content (AvgIpc) is 3.54. The molecule has 10 aromatic rings. The van der Waals surface area contributed by atoms with Crippen molar-refractivity contribution in [1.82, 2.24) is 9.97 Å². The van der Waals surface area contributed by atoms with E-state index in [2.05, 4.69) is 166 Å². The first kappa shape index (κ1) is 33.6. The Morgan fingerprint density at radius 2 is 0.949 bits per heavy atom. The average molecular weight is 757 g/mol. The van der Waals surface area contributed by atoms with Crippen molar-refractivity contribution in [3.63, 3.8) is 0 Å². The molecule has 2 aliphatic rings. The lowest BCUT2D eigenvalue weighted by Gasteiger charge is -2.25. The summed E-state index contributed by atoms with van der Waals surface area (Å²) in [5.41, 5.74) is 11.5. The van der Waals surface area contributed by atoms with E-state index in [1.165, 1.54) is 49.0 Å². The molecule has 1 aliphatic carbocycles. The van der Waals surface area contributed by atoms with Gasteiger partial charge in [0.15, 0.2) is 28.8 Å². The summed E-state index contributed by atoms with van der Waals surface area (Å²) < 4.78 is 13.3. The molecule has 0 radical (unpaired) electrons. The molecule has 9 aromatic carbocycles. The second kappa shape index (κ2) is 12.7. The van der Waals surface area contributed by atoms with Gasteiger partial charge in [0.25, 0.3) is 0 Å². The maximum absolute atomic E-state index is 6.81. The van der Waals surface area contributed by atoms with E-state index in [0.29, 0.717) is 17.3 Å². The van der Waals surface area contributed by atoms with E-state index in [4.69, 9.17) is 19.4 Å². The second-order valence-electron chi connectivity index (χ2n) is 16.1. The molecule has 4 nitrogen and oxygen atoms in total. The van der Waals surface area contributed by atoms with E-state index in [1.54, 1.807) is 0 Å². The van der Waals surface area contributed by atoms with Crippen LogP contribution in [0, 0.1) is 0 Å². The van der Waals surface area contributed by atoms with Gasteiger partial charge in [-0.15, -0.1) is 0 Å². The van der Waals surface area contributed by atoms with Crippen LogP contribution in [0.25, 0.3) is 88.5 Å². The Morgan fingerprint density at radius 3 is 1.71 bits per heavy atom. The normalized spacial score (nSPS) is 13.3. The van der Waals surface area contributed by atoms with Gasteiger partial charge >= 0.3 is 0 Å². The zero-order valence-electron chi connectivity index (χ0n) is 32.5. The molecular weight excluding hydrogens is 721 g/mol. The van der Waals surface area contributed by atoms with Crippen molar-refractivity contribution in [3.05, 3.63) is 193 Å². The number of rotatable bonds is 4. The standard InChI is InChI=1S/C55H36N2O2/c1-55(2)45-22-11-10-21-43(45)52-46(55)26-28-50-53(52)59-51-31-35(24-27-49(51)58-50)34-15-12-16-36(29-34)47-32-48(57-54(56-47)33-13-4-3-5-14-33)37-23-25-42-40-19-7-6-17-38(40)39-18-8-9-20-41(39)44(42)30-37/h3-32H,1-2H3. The zero-order chi connectivity index (χ0) is 39.2. The van der Waals surface area contributed by atoms with Gasteiger partial charge in [-0.05, 0) is 96.5 Å². The van der Waals surface area contributed by atoms with Gasteiger partial charge in [-0.25, -0.2) is 9.97 Å². The van der Waals surface area contributed by atoms with E-state index in [9.17, 15) is 0 Å². The molecular formula is C55H36N2O2. The van der Waals surface area contributed by atoms with Crippen molar-refractivity contribution in [2.75, 3.05) is 0 Å². The highest BCUT2D eigenvalue weighted by molar-refractivity contribution is 6.25. The lowest BCUT2D eigenvalue weighted by atomic mass is 9.82. The van der Waals surface area contributed by atoms with Gasteiger partial charge in [0.05, 0.1) is 11.4 Å². The van der Waals surface area contributed by atoms with Crippen LogP contribution >= 0.6 is 0 Å². The van der Waals surface area contributed by atoms with Crippen molar-refractivity contribution in [2.24, 2.45) is 0 Å². The Morgan fingerprint density at radius 1 is 0.373 bits per heavy atom. The fourth-order valence-corrected chi connectivity index (χ4v) is 9.39. The molecule has 1 aliphatic heterocycles. The largest absolute Gasteiger partial charge is 0.449 e. The SMILES string of the molecule is CC1(C)c2ccccc2-c2c1ccc1c2Oc2cc(-c3cccc(-c4cc(-c5ccc6c7ccccc7c7ccccc7c6c5)nc(-c5ccccc5)n4)c3)ccc2O1. The highest BCUT2D eigenvalue weighted by atomic mass is 16.6. The quantitative estimate of drug-likeness (QED) is 0.168. The minimum absolute atomic E-state index is 0.133. The minimum Gasteiger partial charge on any atom is -0.449 e. The number of aromatic nitrogens is 2. The van der Waals surface area contributed by atoms with Gasteiger partial charge in [-0.3, -0.25) is 0 Å². The monoisotopic (exact) mass is 756 g/mol. The molecule has 0 atom stereocenters. The Balaban J connectivity index is 0.958. The van der Waals surface area contributed by atoms with Crippen LogP contribution < -0.4 is 9.47 Å². The summed E-state index contributed by atoms with van der Waals surface area (Å²) in [6.45, 7) is 4.56. The summed E-state index contributed by atoms with van der Waals surface area (Å²) >= 11 is 0. The van der Waals surface area contributed by atoms with E-state index >= 15 is 0 Å². The number of benzene rings is 9. The molecule has 0 unspecified atom stereocenters. The highest BCUT2D eigenvalue weighted by Crippen LogP contribution is 2.58. The van der Waals surface area contributed by atoms with Gasteiger partial charge in [0.2, 0.25) is 0 Å². The highest BCUT2D eigenvalue weighted by Gasteiger charge is 2.39. The van der Waals surface area contributed by atoms with Crippen LogP contribution in [0.15, 0.2) is 182 Å².